The van der Waals surface area contributed by atoms with Crippen LogP contribution in [-0.2, 0) is 6.61 Å². The fraction of sp³-hybridized carbons (Fsp3) is 0.538. The molecule has 1 aromatic rings. The molecule has 0 saturated carbocycles. The van der Waals surface area contributed by atoms with E-state index in [0.717, 1.165) is 5.56 Å². The molecule has 88 valence electrons. The van der Waals surface area contributed by atoms with Gasteiger partial charge in [-0.25, -0.2) is 0 Å². The summed E-state index contributed by atoms with van der Waals surface area (Å²) < 4.78 is 0. The highest BCUT2D eigenvalue weighted by Crippen LogP contribution is 2.27. The minimum absolute atomic E-state index is 0.186. The van der Waals surface area contributed by atoms with Gasteiger partial charge in [0.05, 0.1) is 22.8 Å². The number of fused-ring (bicyclic) bond motifs is 1. The first-order chi connectivity index (χ1) is 7.28. The maximum Gasteiger partial charge on any atom is 0.0782 e. The van der Waals surface area contributed by atoms with Crippen LogP contribution in [0.2, 0.25) is 31.9 Å². The van der Waals surface area contributed by atoms with E-state index in [1.807, 2.05) is 0 Å². The highest BCUT2D eigenvalue weighted by molar-refractivity contribution is 7.14. The van der Waals surface area contributed by atoms with Crippen LogP contribution in [0.4, 0.5) is 0 Å². The van der Waals surface area contributed by atoms with Crippen molar-refractivity contribution in [3.8, 4) is 0 Å². The SMILES string of the molecule is Cc1cc2c(cc1CO)[Si](C)(C)C[Si]2(C)C. The summed E-state index contributed by atoms with van der Waals surface area (Å²) in [7, 11) is -2.40. The maximum atomic E-state index is 9.38. The van der Waals surface area contributed by atoms with E-state index in [1.165, 1.54) is 11.2 Å². The van der Waals surface area contributed by atoms with Gasteiger partial charge in [0.25, 0.3) is 0 Å². The zero-order valence-corrected chi connectivity index (χ0v) is 13.0. The molecule has 1 nitrogen and oxygen atoms in total. The first-order valence-electron chi connectivity index (χ1n) is 6.03. The third-order valence-electron chi connectivity index (χ3n) is 3.99. The molecule has 1 aliphatic heterocycles. The number of hydrogen-bond acceptors (Lipinski definition) is 1. The Bertz CT molecular complexity index is 436. The van der Waals surface area contributed by atoms with E-state index in [2.05, 4.69) is 45.2 Å². The molecular weight excluding hydrogens is 228 g/mol. The molecule has 16 heavy (non-hydrogen) atoms. The predicted molar refractivity (Wildman–Crippen MR) is 76.1 cm³/mol. The molecule has 0 amide bonds. The van der Waals surface area contributed by atoms with Crippen LogP contribution in [0, 0.1) is 6.92 Å². The topological polar surface area (TPSA) is 20.2 Å². The van der Waals surface area contributed by atoms with Gasteiger partial charge in [0.2, 0.25) is 0 Å². The third kappa shape index (κ3) is 1.71. The molecule has 0 saturated heterocycles. The summed E-state index contributed by atoms with van der Waals surface area (Å²) in [5.74, 6) is 0. The molecule has 1 aromatic carbocycles. The lowest BCUT2D eigenvalue weighted by Crippen LogP contribution is -2.44. The van der Waals surface area contributed by atoms with E-state index in [-0.39, 0.29) is 6.61 Å². The molecule has 0 atom stereocenters. The number of hydrogen-bond donors (Lipinski definition) is 1. The third-order valence-corrected chi connectivity index (χ3v) is 15.1. The smallest absolute Gasteiger partial charge is 0.0782 e. The van der Waals surface area contributed by atoms with Crippen molar-refractivity contribution in [2.45, 2.75) is 45.4 Å². The van der Waals surface area contributed by atoms with E-state index in [0.29, 0.717) is 0 Å². The zero-order chi connectivity index (χ0) is 12.1. The second-order valence-corrected chi connectivity index (χ2v) is 16.5. The Morgan fingerprint density at radius 2 is 1.56 bits per heavy atom. The molecule has 0 radical (unpaired) electrons. The van der Waals surface area contributed by atoms with Crippen molar-refractivity contribution in [3.63, 3.8) is 0 Å². The molecule has 0 aliphatic carbocycles. The van der Waals surface area contributed by atoms with Gasteiger partial charge in [0.15, 0.2) is 0 Å². The Balaban J connectivity index is 2.67. The van der Waals surface area contributed by atoms with Crippen molar-refractivity contribution in [3.05, 3.63) is 23.3 Å². The molecule has 0 aromatic heterocycles. The van der Waals surface area contributed by atoms with Crippen LogP contribution in [0.1, 0.15) is 11.1 Å². The lowest BCUT2D eigenvalue weighted by Gasteiger charge is -2.19. The van der Waals surface area contributed by atoms with Crippen molar-refractivity contribution in [1.82, 2.24) is 0 Å². The van der Waals surface area contributed by atoms with Gasteiger partial charge >= 0.3 is 0 Å². The molecule has 0 unspecified atom stereocenters. The summed E-state index contributed by atoms with van der Waals surface area (Å²) in [6.45, 7) is 12.3. The molecule has 1 heterocycles. The summed E-state index contributed by atoms with van der Waals surface area (Å²) in [5, 5.41) is 12.7. The van der Waals surface area contributed by atoms with Crippen LogP contribution in [-0.4, -0.2) is 21.3 Å². The summed E-state index contributed by atoms with van der Waals surface area (Å²) in [6.07, 6.45) is 0. The van der Waals surface area contributed by atoms with Crippen molar-refractivity contribution < 1.29 is 5.11 Å². The van der Waals surface area contributed by atoms with E-state index in [4.69, 9.17) is 0 Å². The van der Waals surface area contributed by atoms with Crippen molar-refractivity contribution in [2.24, 2.45) is 0 Å². The summed E-state index contributed by atoms with van der Waals surface area (Å²) in [6, 6.07) is 4.67. The van der Waals surface area contributed by atoms with Crippen molar-refractivity contribution in [2.75, 3.05) is 0 Å². The number of benzene rings is 1. The maximum absolute atomic E-state index is 9.38. The van der Waals surface area contributed by atoms with Crippen LogP contribution >= 0.6 is 0 Å². The van der Waals surface area contributed by atoms with Crippen molar-refractivity contribution in [1.29, 1.82) is 0 Å². The quantitative estimate of drug-likeness (QED) is 0.755. The molecule has 0 spiro atoms. The molecule has 2 rings (SSSR count). The van der Waals surface area contributed by atoms with Gasteiger partial charge in [-0.3, -0.25) is 0 Å². The predicted octanol–water partition coefficient (Wildman–Crippen LogP) is 1.87. The standard InChI is InChI=1S/C13H22OSi2/c1-10-6-12-13(7-11(10)8-14)16(4,5)9-15(12,2)3/h6-7,14H,8-9H2,1-5H3. The second kappa shape index (κ2) is 3.55. The van der Waals surface area contributed by atoms with E-state index in [1.54, 1.807) is 10.4 Å². The van der Waals surface area contributed by atoms with Gasteiger partial charge < -0.3 is 5.11 Å². The van der Waals surface area contributed by atoms with Gasteiger partial charge in [-0.2, -0.15) is 0 Å². The van der Waals surface area contributed by atoms with Gasteiger partial charge in [0.1, 0.15) is 0 Å². The minimum Gasteiger partial charge on any atom is -0.392 e. The Kier molecular flexibility index (Phi) is 2.68. The Hall–Kier alpha value is -0.386. The first kappa shape index (κ1) is 12.1. The van der Waals surface area contributed by atoms with Gasteiger partial charge in [-0.05, 0) is 18.1 Å². The molecule has 1 N–H and O–H groups in total. The van der Waals surface area contributed by atoms with Crippen LogP contribution in [0.5, 0.6) is 0 Å². The Labute approximate surface area is 101 Å². The van der Waals surface area contributed by atoms with Crippen LogP contribution in [0.3, 0.4) is 0 Å². The van der Waals surface area contributed by atoms with E-state index < -0.39 is 16.1 Å². The minimum atomic E-state index is -1.22. The molecule has 3 heteroatoms. The fourth-order valence-electron chi connectivity index (χ4n) is 3.34. The van der Waals surface area contributed by atoms with E-state index in [9.17, 15) is 5.11 Å². The lowest BCUT2D eigenvalue weighted by molar-refractivity contribution is 0.281. The van der Waals surface area contributed by atoms with Gasteiger partial charge in [0, 0.05) is 0 Å². The number of rotatable bonds is 1. The average Bonchev–Trinajstić information content (AvgIpc) is 2.31. The van der Waals surface area contributed by atoms with Crippen LogP contribution < -0.4 is 10.4 Å². The molecule has 1 aliphatic rings. The normalized spacial score (nSPS) is 20.9. The first-order valence-corrected chi connectivity index (χ1v) is 12.4. The Morgan fingerprint density at radius 1 is 1.06 bits per heavy atom. The largest absolute Gasteiger partial charge is 0.392 e. The molecule has 0 fully saturated rings. The summed E-state index contributed by atoms with van der Waals surface area (Å²) >= 11 is 0. The van der Waals surface area contributed by atoms with Gasteiger partial charge in [-0.15, -0.1) is 0 Å². The highest BCUT2D eigenvalue weighted by Gasteiger charge is 2.44. The van der Waals surface area contributed by atoms with Crippen LogP contribution in [0.25, 0.3) is 0 Å². The monoisotopic (exact) mass is 250 g/mol. The summed E-state index contributed by atoms with van der Waals surface area (Å²) in [4.78, 5) is 0. The molecule has 0 bridgehead atoms. The van der Waals surface area contributed by atoms with Gasteiger partial charge in [-0.1, -0.05) is 54.4 Å². The Morgan fingerprint density at radius 3 is 2.06 bits per heavy atom. The van der Waals surface area contributed by atoms with E-state index >= 15 is 0 Å². The van der Waals surface area contributed by atoms with Crippen LogP contribution in [0.15, 0.2) is 12.1 Å². The fourth-order valence-corrected chi connectivity index (χ4v) is 18.5. The summed E-state index contributed by atoms with van der Waals surface area (Å²) in [5.41, 5.74) is 3.86. The number of aliphatic hydroxyl groups excluding tert-OH is 1. The average molecular weight is 250 g/mol. The highest BCUT2D eigenvalue weighted by atomic mass is 28.4. The second-order valence-electron chi connectivity index (χ2n) is 6.43. The molecular formula is C13H22OSi2. The zero-order valence-electron chi connectivity index (χ0n) is 11.0. The number of aliphatic hydroxyl groups is 1. The lowest BCUT2D eigenvalue weighted by atomic mass is 10.1. The van der Waals surface area contributed by atoms with Crippen molar-refractivity contribution >= 4 is 26.5 Å². The number of aryl methyl sites for hydroxylation is 1.